The number of rotatable bonds is 7. The molecule has 0 unspecified atom stereocenters. The summed E-state index contributed by atoms with van der Waals surface area (Å²) in [6, 6.07) is 94.7. The molecule has 84 heavy (non-hydrogen) atoms. The van der Waals surface area contributed by atoms with Crippen molar-refractivity contribution in [3.05, 3.63) is 267 Å². The Morgan fingerprint density at radius 1 is 0.274 bits per heavy atom. The second-order valence-corrected chi connectivity index (χ2v) is 22.6. The molecule has 9 heteroatoms. The summed E-state index contributed by atoms with van der Waals surface area (Å²) in [5, 5.41) is 12.8. The lowest BCUT2D eigenvalue weighted by Gasteiger charge is -2.13. The molecule has 18 rings (SSSR count). The maximum atomic E-state index is 5.51. The Balaban J connectivity index is 0.832. The largest absolute Gasteiger partial charge is 0.307 e. The van der Waals surface area contributed by atoms with Gasteiger partial charge in [-0.25, -0.2) is 15.0 Å². The van der Waals surface area contributed by atoms with Crippen molar-refractivity contribution in [1.82, 2.24) is 38.6 Å². The van der Waals surface area contributed by atoms with Gasteiger partial charge in [-0.05, 0) is 59.7 Å². The number of thiophene rings is 1. The molecule has 0 aliphatic rings. The molecule has 12 aromatic carbocycles. The van der Waals surface area contributed by atoms with E-state index in [2.05, 4.69) is 256 Å². The first-order chi connectivity index (χ1) is 41.7. The van der Waals surface area contributed by atoms with Crippen molar-refractivity contribution in [3.8, 4) is 62.7 Å². The summed E-state index contributed by atoms with van der Waals surface area (Å²) in [4.78, 5) is 27.0. The van der Waals surface area contributed by atoms with E-state index < -0.39 is 0 Å². The molecule has 0 fully saturated rings. The highest BCUT2D eigenvalue weighted by Gasteiger charge is 2.26. The molecule has 6 heterocycles. The van der Waals surface area contributed by atoms with Gasteiger partial charge in [0.05, 0.1) is 44.3 Å². The molecular formula is C75H44N8S. The SMILES string of the molecule is c1ccc(-c2nc(-c3cccc(-c4ccc5c(c4)sc4c6ccccc6c6c(c7ccccc7n6-c6nc(-c7ccccc7)c7ccccc7n6)c54)c3)nc(-n3c4ccccc4c4ccc5c6ccccc6n(-c6ccccc6)c5c43)n2)cc1. The third kappa shape index (κ3) is 6.90. The highest BCUT2D eigenvalue weighted by atomic mass is 32.1. The minimum atomic E-state index is 0.545. The lowest BCUT2D eigenvalue weighted by atomic mass is 9.98. The molecular weight excluding hydrogens is 1040 g/mol. The van der Waals surface area contributed by atoms with Crippen LogP contribution in [0.3, 0.4) is 0 Å². The summed E-state index contributed by atoms with van der Waals surface area (Å²) >= 11 is 1.86. The van der Waals surface area contributed by atoms with Crippen LogP contribution in [0, 0.1) is 0 Å². The number of benzene rings is 12. The van der Waals surface area contributed by atoms with E-state index >= 15 is 0 Å². The van der Waals surface area contributed by atoms with Gasteiger partial charge >= 0.3 is 0 Å². The molecule has 0 aliphatic heterocycles. The number of aromatic nitrogens is 8. The van der Waals surface area contributed by atoms with Crippen LogP contribution in [-0.4, -0.2) is 38.6 Å². The van der Waals surface area contributed by atoms with Gasteiger partial charge in [0.2, 0.25) is 11.9 Å². The third-order valence-corrected chi connectivity index (χ3v) is 18.1. The Kier molecular flexibility index (Phi) is 10.1. The molecule has 0 saturated heterocycles. The zero-order valence-corrected chi connectivity index (χ0v) is 45.7. The standard InChI is InChI=1S/C75H44N8S/c1-4-21-45(22-5-1)67-57-33-12-16-35-60(57)76-74(77-67)82-63-38-19-15-34-58(63)65-66-59-40-39-48(44-64(59)84-71(66)56-32-11-10-31-53(56)68(65)82)47-25-20-26-49(43-47)73-78-72(46-23-6-2-7-24-46)79-75(80-73)83-62-37-18-14-30-52(62)55-42-41-54-51-29-13-17-36-61(51)81(69(54)70(55)83)50-27-8-3-9-28-50/h1-44H. The van der Waals surface area contributed by atoms with Crippen molar-refractivity contribution in [3.63, 3.8) is 0 Å². The normalized spacial score (nSPS) is 12.0. The number of nitrogens with zero attached hydrogens (tertiary/aromatic N) is 8. The van der Waals surface area contributed by atoms with E-state index in [9.17, 15) is 0 Å². The van der Waals surface area contributed by atoms with Gasteiger partial charge in [-0.1, -0.05) is 218 Å². The average Bonchev–Trinajstić information content (AvgIpc) is 1.68. The zero-order chi connectivity index (χ0) is 55.0. The van der Waals surface area contributed by atoms with Gasteiger partial charge in [0.1, 0.15) is 0 Å². The van der Waals surface area contributed by atoms with Crippen LogP contribution in [-0.2, 0) is 0 Å². The molecule has 6 aromatic heterocycles. The summed E-state index contributed by atoms with van der Waals surface area (Å²) < 4.78 is 9.41. The highest BCUT2D eigenvalue weighted by molar-refractivity contribution is 7.27. The Labute approximate surface area is 484 Å². The highest BCUT2D eigenvalue weighted by Crippen LogP contribution is 2.49. The average molecular weight is 1090 g/mol. The van der Waals surface area contributed by atoms with Gasteiger partial charge in [-0.2, -0.15) is 9.97 Å². The molecule has 8 nitrogen and oxygen atoms in total. The van der Waals surface area contributed by atoms with E-state index in [1.807, 2.05) is 35.6 Å². The van der Waals surface area contributed by atoms with Crippen molar-refractivity contribution in [2.45, 2.75) is 0 Å². The predicted octanol–water partition coefficient (Wildman–Crippen LogP) is 19.3. The van der Waals surface area contributed by atoms with Crippen LogP contribution in [0.25, 0.3) is 170 Å². The molecule has 18 aromatic rings. The van der Waals surface area contributed by atoms with E-state index in [4.69, 9.17) is 24.9 Å². The fourth-order valence-corrected chi connectivity index (χ4v) is 14.5. The lowest BCUT2D eigenvalue weighted by Crippen LogP contribution is -2.07. The molecule has 0 bridgehead atoms. The van der Waals surface area contributed by atoms with Crippen LogP contribution in [0.5, 0.6) is 0 Å². The van der Waals surface area contributed by atoms with E-state index in [1.165, 1.54) is 36.3 Å². The first-order valence-electron chi connectivity index (χ1n) is 28.2. The Morgan fingerprint density at radius 3 is 1.49 bits per heavy atom. The fourth-order valence-electron chi connectivity index (χ4n) is 13.2. The second kappa shape index (κ2) is 18.2. The first-order valence-corrected chi connectivity index (χ1v) is 29.1. The van der Waals surface area contributed by atoms with Crippen LogP contribution in [0.4, 0.5) is 0 Å². The smallest absolute Gasteiger partial charge is 0.238 e. The monoisotopic (exact) mass is 1090 g/mol. The Bertz CT molecular complexity index is 5740. The molecule has 0 N–H and O–H groups in total. The minimum Gasteiger partial charge on any atom is -0.307 e. The van der Waals surface area contributed by atoms with Gasteiger partial charge in [0.15, 0.2) is 11.6 Å². The predicted molar refractivity (Wildman–Crippen MR) is 348 cm³/mol. The van der Waals surface area contributed by atoms with Gasteiger partial charge in [0.25, 0.3) is 0 Å². The molecule has 0 atom stereocenters. The molecule has 0 aliphatic carbocycles. The fraction of sp³-hybridized carbons (Fsp3) is 0. The van der Waals surface area contributed by atoms with Crippen molar-refractivity contribution < 1.29 is 0 Å². The molecule has 0 amide bonds. The van der Waals surface area contributed by atoms with Crippen molar-refractivity contribution in [2.75, 3.05) is 0 Å². The van der Waals surface area contributed by atoms with Crippen molar-refractivity contribution in [1.29, 1.82) is 0 Å². The maximum Gasteiger partial charge on any atom is 0.238 e. The summed E-state index contributed by atoms with van der Waals surface area (Å²) in [5.41, 5.74) is 14.3. The van der Waals surface area contributed by atoms with Gasteiger partial charge in [0, 0.05) is 91.0 Å². The third-order valence-electron chi connectivity index (χ3n) is 16.9. The van der Waals surface area contributed by atoms with E-state index in [0.717, 1.165) is 110 Å². The van der Waals surface area contributed by atoms with E-state index in [1.54, 1.807) is 0 Å². The van der Waals surface area contributed by atoms with E-state index in [0.29, 0.717) is 23.5 Å². The lowest BCUT2D eigenvalue weighted by molar-refractivity contribution is 0.953. The summed E-state index contributed by atoms with van der Waals surface area (Å²) in [7, 11) is 0. The zero-order valence-electron chi connectivity index (χ0n) is 44.9. The summed E-state index contributed by atoms with van der Waals surface area (Å²) in [5.74, 6) is 2.37. The van der Waals surface area contributed by atoms with Crippen LogP contribution < -0.4 is 0 Å². The van der Waals surface area contributed by atoms with Crippen LogP contribution in [0.15, 0.2) is 267 Å². The van der Waals surface area contributed by atoms with Crippen LogP contribution in [0.1, 0.15) is 0 Å². The molecule has 0 saturated carbocycles. The quantitative estimate of drug-likeness (QED) is 0.159. The topological polar surface area (TPSA) is 79.2 Å². The molecule has 0 spiro atoms. The second-order valence-electron chi connectivity index (χ2n) is 21.5. The van der Waals surface area contributed by atoms with E-state index in [-0.39, 0.29) is 0 Å². The van der Waals surface area contributed by atoms with Crippen molar-refractivity contribution >= 4 is 119 Å². The Morgan fingerprint density at radius 2 is 0.762 bits per heavy atom. The van der Waals surface area contributed by atoms with Gasteiger partial charge < -0.3 is 4.57 Å². The Hall–Kier alpha value is -11.1. The van der Waals surface area contributed by atoms with Gasteiger partial charge in [-0.3, -0.25) is 9.13 Å². The number of para-hydroxylation sites is 5. The first kappa shape index (κ1) is 46.6. The molecule has 390 valence electrons. The number of fused-ring (bicyclic) bond motifs is 18. The van der Waals surface area contributed by atoms with Crippen LogP contribution >= 0.6 is 11.3 Å². The molecule has 0 radical (unpaired) electrons. The van der Waals surface area contributed by atoms with Crippen molar-refractivity contribution in [2.24, 2.45) is 0 Å². The van der Waals surface area contributed by atoms with Gasteiger partial charge in [-0.15, -0.1) is 11.3 Å². The minimum absolute atomic E-state index is 0.545. The number of hydrogen-bond acceptors (Lipinski definition) is 6. The summed E-state index contributed by atoms with van der Waals surface area (Å²) in [6.45, 7) is 0. The maximum absolute atomic E-state index is 5.51. The number of hydrogen-bond donors (Lipinski definition) is 0. The van der Waals surface area contributed by atoms with Crippen LogP contribution in [0.2, 0.25) is 0 Å². The summed E-state index contributed by atoms with van der Waals surface area (Å²) in [6.07, 6.45) is 0.